The number of rotatable bonds is 4. The molecule has 1 heterocycles. The van der Waals surface area contributed by atoms with E-state index in [2.05, 4.69) is 5.32 Å². The van der Waals surface area contributed by atoms with E-state index in [4.69, 9.17) is 5.11 Å². The first kappa shape index (κ1) is 17.1. The summed E-state index contributed by atoms with van der Waals surface area (Å²) in [6, 6.07) is 4.64. The molecule has 1 fully saturated rings. The number of aliphatic hydroxyl groups excluding tert-OH is 1. The number of alkyl halides is 2. The predicted octanol–water partition coefficient (Wildman–Crippen LogP) is 1.39. The van der Waals surface area contributed by atoms with Crippen LogP contribution in [0.3, 0.4) is 0 Å². The summed E-state index contributed by atoms with van der Waals surface area (Å²) >= 11 is 0. The third kappa shape index (κ3) is 3.79. The Morgan fingerprint density at radius 1 is 1.30 bits per heavy atom. The molecule has 114 valence electrons. The van der Waals surface area contributed by atoms with E-state index in [1.165, 1.54) is 18.2 Å². The summed E-state index contributed by atoms with van der Waals surface area (Å²) in [7, 11) is 0. The van der Waals surface area contributed by atoms with Crippen LogP contribution in [0.25, 0.3) is 0 Å². The lowest BCUT2D eigenvalue weighted by atomic mass is 9.98. The van der Waals surface area contributed by atoms with Gasteiger partial charge in [0.25, 0.3) is 5.92 Å². The number of nitrogens with one attached hydrogen (secondary N) is 1. The van der Waals surface area contributed by atoms with Gasteiger partial charge in [0.2, 0.25) is 0 Å². The Hall–Kier alpha value is -0.950. The number of aromatic hydroxyl groups is 1. The summed E-state index contributed by atoms with van der Waals surface area (Å²) in [6.45, 7) is 1.02. The molecule has 0 amide bonds. The molecule has 0 aromatic heterocycles. The zero-order chi connectivity index (χ0) is 13.9. The Kier molecular flexibility index (Phi) is 6.13. The third-order valence-electron chi connectivity index (χ3n) is 3.31. The Labute approximate surface area is 122 Å². The molecule has 0 unspecified atom stereocenters. The summed E-state index contributed by atoms with van der Waals surface area (Å²) in [6.07, 6.45) is 0. The van der Waals surface area contributed by atoms with E-state index in [0.717, 1.165) is 0 Å². The molecule has 2 rings (SSSR count). The van der Waals surface area contributed by atoms with Crippen LogP contribution in [0.2, 0.25) is 0 Å². The largest absolute Gasteiger partial charge is 0.508 e. The van der Waals surface area contributed by atoms with Gasteiger partial charge in [0.15, 0.2) is 0 Å². The van der Waals surface area contributed by atoms with E-state index in [9.17, 15) is 13.9 Å². The van der Waals surface area contributed by atoms with Crippen LogP contribution in [0.1, 0.15) is 11.6 Å². The van der Waals surface area contributed by atoms with Gasteiger partial charge >= 0.3 is 0 Å². The highest BCUT2D eigenvalue weighted by Crippen LogP contribution is 2.37. The van der Waals surface area contributed by atoms with E-state index >= 15 is 0 Å². The van der Waals surface area contributed by atoms with Crippen molar-refractivity contribution < 1.29 is 19.0 Å². The Balaban J connectivity index is 0.00000200. The molecule has 0 spiro atoms. The predicted molar refractivity (Wildman–Crippen MR) is 74.6 cm³/mol. The second-order valence-corrected chi connectivity index (χ2v) is 4.70. The summed E-state index contributed by atoms with van der Waals surface area (Å²) in [5.41, 5.74) is 0.320. The molecule has 1 aromatic carbocycles. The van der Waals surface area contributed by atoms with E-state index in [0.29, 0.717) is 31.7 Å². The number of hydrogen-bond donors (Lipinski definition) is 3. The van der Waals surface area contributed by atoms with Crippen LogP contribution in [0.15, 0.2) is 24.3 Å². The SMILES string of the molecule is Cl.OCC(F)(F)[C@@H](c1cccc(O)c1)N1CCNCC1. The van der Waals surface area contributed by atoms with E-state index in [1.807, 2.05) is 0 Å². The molecule has 20 heavy (non-hydrogen) atoms. The number of benzene rings is 1. The smallest absolute Gasteiger partial charge is 0.289 e. The number of hydrogen-bond acceptors (Lipinski definition) is 4. The molecular weight excluding hydrogens is 290 g/mol. The lowest BCUT2D eigenvalue weighted by molar-refractivity contribution is -0.118. The monoisotopic (exact) mass is 308 g/mol. The van der Waals surface area contributed by atoms with Crippen LogP contribution < -0.4 is 5.32 Å². The van der Waals surface area contributed by atoms with Crippen molar-refractivity contribution in [3.8, 4) is 5.75 Å². The first-order chi connectivity index (χ1) is 9.04. The third-order valence-corrected chi connectivity index (χ3v) is 3.31. The van der Waals surface area contributed by atoms with Crippen molar-refractivity contribution in [1.29, 1.82) is 0 Å². The van der Waals surface area contributed by atoms with Crippen LogP contribution in [0, 0.1) is 0 Å². The van der Waals surface area contributed by atoms with Crippen molar-refractivity contribution in [2.75, 3.05) is 32.8 Å². The molecule has 0 radical (unpaired) electrons. The van der Waals surface area contributed by atoms with E-state index in [-0.39, 0.29) is 18.2 Å². The number of phenolic OH excluding ortho intramolecular Hbond substituents is 1. The highest BCUT2D eigenvalue weighted by Gasteiger charge is 2.44. The fourth-order valence-corrected chi connectivity index (χ4v) is 2.44. The Morgan fingerprint density at radius 3 is 2.50 bits per heavy atom. The number of piperazine rings is 1. The fraction of sp³-hybridized carbons (Fsp3) is 0.538. The van der Waals surface area contributed by atoms with Gasteiger partial charge in [-0.15, -0.1) is 12.4 Å². The van der Waals surface area contributed by atoms with E-state index < -0.39 is 18.6 Å². The first-order valence-corrected chi connectivity index (χ1v) is 6.27. The summed E-state index contributed by atoms with van der Waals surface area (Å²) < 4.78 is 28.1. The average Bonchev–Trinajstić information content (AvgIpc) is 2.40. The van der Waals surface area contributed by atoms with Gasteiger partial charge in [-0.1, -0.05) is 12.1 Å². The molecule has 4 nitrogen and oxygen atoms in total. The molecule has 1 saturated heterocycles. The van der Waals surface area contributed by atoms with Crippen LogP contribution in [0.5, 0.6) is 5.75 Å². The molecule has 1 aliphatic heterocycles. The maximum absolute atomic E-state index is 14.0. The highest BCUT2D eigenvalue weighted by molar-refractivity contribution is 5.85. The van der Waals surface area contributed by atoms with Gasteiger partial charge in [0, 0.05) is 26.2 Å². The van der Waals surface area contributed by atoms with Gasteiger partial charge in [0.1, 0.15) is 18.4 Å². The Bertz CT molecular complexity index is 429. The highest BCUT2D eigenvalue weighted by atomic mass is 35.5. The molecule has 0 saturated carbocycles. The Morgan fingerprint density at radius 2 is 1.95 bits per heavy atom. The molecule has 0 bridgehead atoms. The molecule has 1 atom stereocenters. The van der Waals surface area contributed by atoms with Gasteiger partial charge in [-0.3, -0.25) is 4.90 Å². The normalized spacial score (nSPS) is 18.4. The molecule has 3 N–H and O–H groups in total. The van der Waals surface area contributed by atoms with Gasteiger partial charge in [-0.05, 0) is 17.7 Å². The lowest BCUT2D eigenvalue weighted by Gasteiger charge is -2.38. The minimum atomic E-state index is -3.24. The fourth-order valence-electron chi connectivity index (χ4n) is 2.44. The summed E-state index contributed by atoms with van der Waals surface area (Å²) in [5.74, 6) is -3.29. The topological polar surface area (TPSA) is 55.7 Å². The quantitative estimate of drug-likeness (QED) is 0.787. The standard InChI is InChI=1S/C13H18F2N2O2.ClH/c14-13(15,9-18)12(17-6-4-16-5-7-17)10-2-1-3-11(19)8-10;/h1-3,8,12,16,18-19H,4-7,9H2;1H/t12-;/m1./s1. The van der Waals surface area contributed by atoms with Crippen molar-refractivity contribution in [3.05, 3.63) is 29.8 Å². The van der Waals surface area contributed by atoms with Crippen molar-refractivity contribution in [2.24, 2.45) is 0 Å². The minimum absolute atomic E-state index is 0. The number of aliphatic hydroxyl groups is 1. The van der Waals surface area contributed by atoms with Crippen molar-refractivity contribution in [3.63, 3.8) is 0 Å². The second-order valence-electron chi connectivity index (χ2n) is 4.70. The number of nitrogens with zero attached hydrogens (tertiary/aromatic N) is 1. The van der Waals surface area contributed by atoms with Crippen LogP contribution in [-0.2, 0) is 0 Å². The van der Waals surface area contributed by atoms with Crippen molar-refractivity contribution in [1.82, 2.24) is 10.2 Å². The van der Waals surface area contributed by atoms with Gasteiger partial charge in [-0.25, -0.2) is 8.78 Å². The minimum Gasteiger partial charge on any atom is -0.508 e. The van der Waals surface area contributed by atoms with Crippen molar-refractivity contribution >= 4 is 12.4 Å². The molecular formula is C13H19ClF2N2O2. The van der Waals surface area contributed by atoms with Crippen LogP contribution in [0.4, 0.5) is 8.78 Å². The zero-order valence-corrected chi connectivity index (χ0v) is 11.7. The maximum Gasteiger partial charge on any atom is 0.289 e. The second kappa shape index (κ2) is 7.17. The van der Waals surface area contributed by atoms with E-state index in [1.54, 1.807) is 11.0 Å². The van der Waals surface area contributed by atoms with Crippen LogP contribution in [-0.4, -0.2) is 53.8 Å². The van der Waals surface area contributed by atoms with Gasteiger partial charge in [-0.2, -0.15) is 0 Å². The average molecular weight is 309 g/mol. The molecule has 1 aromatic rings. The summed E-state index contributed by atoms with van der Waals surface area (Å²) in [5, 5.41) is 21.5. The van der Waals surface area contributed by atoms with Gasteiger partial charge < -0.3 is 15.5 Å². The molecule has 7 heteroatoms. The summed E-state index contributed by atoms with van der Waals surface area (Å²) in [4.78, 5) is 1.64. The number of halogens is 3. The molecule has 1 aliphatic rings. The van der Waals surface area contributed by atoms with Crippen molar-refractivity contribution in [2.45, 2.75) is 12.0 Å². The molecule has 0 aliphatic carbocycles. The number of phenols is 1. The maximum atomic E-state index is 14.0. The zero-order valence-electron chi connectivity index (χ0n) is 10.9. The van der Waals surface area contributed by atoms with Gasteiger partial charge in [0.05, 0.1) is 0 Å². The van der Waals surface area contributed by atoms with Crippen LogP contribution >= 0.6 is 12.4 Å². The lowest BCUT2D eigenvalue weighted by Crippen LogP contribution is -2.51. The first-order valence-electron chi connectivity index (χ1n) is 6.27.